The normalized spacial score (nSPS) is 12.6. The van der Waals surface area contributed by atoms with Crippen LogP contribution in [0.1, 0.15) is 110 Å². The van der Waals surface area contributed by atoms with Crippen LogP contribution in [0.25, 0.3) is 0 Å². The second kappa shape index (κ2) is 21.4. The minimum Gasteiger partial charge on any atom is -0.460 e. The summed E-state index contributed by atoms with van der Waals surface area (Å²) >= 11 is 0. The van der Waals surface area contributed by atoms with E-state index in [1.165, 1.54) is 96.0 Å². The Hall–Kier alpha value is -0.870. The van der Waals surface area contributed by atoms with Crippen LogP contribution in [-0.4, -0.2) is 35.5 Å². The number of aliphatic hydroxyl groups excluding tert-OH is 2. The first-order valence-electron chi connectivity index (χ1n) is 11.3. The molecule has 27 heavy (non-hydrogen) atoms. The van der Waals surface area contributed by atoms with Gasteiger partial charge in [-0.1, -0.05) is 103 Å². The maximum atomic E-state index is 11.3. The average Bonchev–Trinajstić information content (AvgIpc) is 2.68. The van der Waals surface area contributed by atoms with Gasteiger partial charge in [0.15, 0.2) is 0 Å². The minimum atomic E-state index is -0.988. The van der Waals surface area contributed by atoms with Gasteiger partial charge in [0.25, 0.3) is 0 Å². The van der Waals surface area contributed by atoms with Crippen molar-refractivity contribution < 1.29 is 19.7 Å². The van der Waals surface area contributed by atoms with Crippen LogP contribution in [0.3, 0.4) is 0 Å². The Kier molecular flexibility index (Phi) is 20.7. The van der Waals surface area contributed by atoms with Crippen molar-refractivity contribution in [1.29, 1.82) is 0 Å². The van der Waals surface area contributed by atoms with Crippen molar-refractivity contribution in [3.8, 4) is 0 Å². The van der Waals surface area contributed by atoms with Gasteiger partial charge in [0.1, 0.15) is 12.7 Å². The molecule has 1 unspecified atom stereocenters. The molecule has 0 aliphatic heterocycles. The fraction of sp³-hybridized carbons (Fsp3) is 0.870. The molecule has 0 saturated carbocycles. The van der Waals surface area contributed by atoms with Crippen LogP contribution < -0.4 is 0 Å². The third-order valence-electron chi connectivity index (χ3n) is 4.86. The largest absolute Gasteiger partial charge is 0.460 e. The van der Waals surface area contributed by atoms with Gasteiger partial charge in [0, 0.05) is 6.08 Å². The fourth-order valence-electron chi connectivity index (χ4n) is 3.09. The van der Waals surface area contributed by atoms with Gasteiger partial charge in [0.2, 0.25) is 0 Å². The Balaban J connectivity index is 3.20. The molecule has 0 aliphatic carbocycles. The van der Waals surface area contributed by atoms with E-state index in [4.69, 9.17) is 14.9 Å². The molecule has 0 aromatic heterocycles. The van der Waals surface area contributed by atoms with Gasteiger partial charge in [-0.15, -0.1) is 0 Å². The highest BCUT2D eigenvalue weighted by Crippen LogP contribution is 2.13. The summed E-state index contributed by atoms with van der Waals surface area (Å²) in [6.07, 6.45) is 23.4. The lowest BCUT2D eigenvalue weighted by Crippen LogP contribution is -2.21. The summed E-state index contributed by atoms with van der Waals surface area (Å²) in [6.45, 7) is 1.72. The van der Waals surface area contributed by atoms with Crippen molar-refractivity contribution in [2.75, 3.05) is 13.2 Å². The van der Waals surface area contributed by atoms with E-state index < -0.39 is 18.7 Å². The number of hydrogen-bond donors (Lipinski definition) is 2. The minimum absolute atomic E-state index is 0.154. The molecule has 2 N–H and O–H groups in total. The third-order valence-corrected chi connectivity index (χ3v) is 4.86. The van der Waals surface area contributed by atoms with Crippen LogP contribution in [0.4, 0.5) is 0 Å². The van der Waals surface area contributed by atoms with Crippen molar-refractivity contribution in [3.63, 3.8) is 0 Å². The summed E-state index contributed by atoms with van der Waals surface area (Å²) in [5.74, 6) is -0.455. The molecule has 0 aromatic carbocycles. The van der Waals surface area contributed by atoms with Gasteiger partial charge in [-0.05, 0) is 12.8 Å². The molecule has 0 bridgehead atoms. The summed E-state index contributed by atoms with van der Waals surface area (Å²) in [7, 11) is 0. The van der Waals surface area contributed by atoms with Gasteiger partial charge in [-0.2, -0.15) is 0 Å². The molecule has 160 valence electrons. The van der Waals surface area contributed by atoms with E-state index in [0.29, 0.717) is 0 Å². The highest BCUT2D eigenvalue weighted by molar-refractivity contribution is 5.81. The van der Waals surface area contributed by atoms with Gasteiger partial charge in [-0.25, -0.2) is 4.79 Å². The zero-order valence-electron chi connectivity index (χ0n) is 17.7. The number of rotatable bonds is 20. The van der Waals surface area contributed by atoms with E-state index in [9.17, 15) is 4.79 Å². The van der Waals surface area contributed by atoms with E-state index >= 15 is 0 Å². The first-order valence-corrected chi connectivity index (χ1v) is 11.3. The number of unbranched alkanes of at least 4 members (excludes halogenated alkanes) is 15. The van der Waals surface area contributed by atoms with Crippen molar-refractivity contribution in [3.05, 3.63) is 12.2 Å². The number of aliphatic hydroxyl groups is 2. The molecule has 0 spiro atoms. The predicted octanol–water partition coefficient (Wildman–Crippen LogP) is 5.70. The number of allylic oxidation sites excluding steroid dienone is 1. The molecule has 0 amide bonds. The number of carbonyl (C=O) groups is 1. The Morgan fingerprint density at radius 2 is 1.26 bits per heavy atom. The third kappa shape index (κ3) is 21.3. The maximum absolute atomic E-state index is 11.3. The van der Waals surface area contributed by atoms with Crippen LogP contribution in [0.15, 0.2) is 12.2 Å². The van der Waals surface area contributed by atoms with Gasteiger partial charge < -0.3 is 14.9 Å². The number of carbonyl (C=O) groups excluding carboxylic acids is 1. The predicted molar refractivity (Wildman–Crippen MR) is 113 cm³/mol. The fourth-order valence-corrected chi connectivity index (χ4v) is 3.09. The quantitative estimate of drug-likeness (QED) is 0.160. The van der Waals surface area contributed by atoms with Crippen molar-refractivity contribution in [2.45, 2.75) is 116 Å². The SMILES string of the molecule is CCCCCCCCCCCCCCCCCC=CC(=O)OCC(O)CO. The topological polar surface area (TPSA) is 66.8 Å². The van der Waals surface area contributed by atoms with E-state index in [0.717, 1.165) is 12.8 Å². The van der Waals surface area contributed by atoms with Crippen LogP contribution in [-0.2, 0) is 9.53 Å². The summed E-state index contributed by atoms with van der Waals surface area (Å²) in [6, 6.07) is 0. The second-order valence-corrected chi connectivity index (χ2v) is 7.61. The van der Waals surface area contributed by atoms with Crippen LogP contribution in [0.2, 0.25) is 0 Å². The van der Waals surface area contributed by atoms with E-state index in [-0.39, 0.29) is 6.61 Å². The molecule has 0 saturated heterocycles. The Morgan fingerprint density at radius 3 is 1.70 bits per heavy atom. The monoisotopic (exact) mass is 384 g/mol. The standard InChI is InChI=1S/C23H44O4/c1-2-3-4-5-6-7-8-9-10-11-12-13-14-15-16-17-18-19-23(26)27-21-22(25)20-24/h18-19,22,24-25H,2-17,20-21H2,1H3. The Morgan fingerprint density at radius 1 is 0.815 bits per heavy atom. The molecule has 0 heterocycles. The second-order valence-electron chi connectivity index (χ2n) is 7.61. The highest BCUT2D eigenvalue weighted by atomic mass is 16.5. The van der Waals surface area contributed by atoms with Gasteiger partial charge >= 0.3 is 5.97 Å². The first-order chi connectivity index (χ1) is 13.2. The molecule has 1 atom stereocenters. The van der Waals surface area contributed by atoms with Crippen LogP contribution in [0.5, 0.6) is 0 Å². The molecule has 0 fully saturated rings. The summed E-state index contributed by atoms with van der Waals surface area (Å²) in [5, 5.41) is 17.7. The number of esters is 1. The number of hydrogen-bond acceptors (Lipinski definition) is 4. The van der Waals surface area contributed by atoms with E-state index in [1.807, 2.05) is 6.08 Å². The van der Waals surface area contributed by atoms with Crippen LogP contribution in [0, 0.1) is 0 Å². The van der Waals surface area contributed by atoms with E-state index in [1.54, 1.807) is 0 Å². The van der Waals surface area contributed by atoms with Crippen molar-refractivity contribution in [1.82, 2.24) is 0 Å². The molecule has 4 nitrogen and oxygen atoms in total. The van der Waals surface area contributed by atoms with Crippen LogP contribution >= 0.6 is 0 Å². The summed E-state index contributed by atoms with van der Waals surface area (Å²) in [5.41, 5.74) is 0. The van der Waals surface area contributed by atoms with Gasteiger partial charge in [-0.3, -0.25) is 0 Å². The first kappa shape index (κ1) is 26.1. The Labute approximate surface area is 167 Å². The van der Waals surface area contributed by atoms with E-state index in [2.05, 4.69) is 6.92 Å². The lowest BCUT2D eigenvalue weighted by atomic mass is 10.0. The van der Waals surface area contributed by atoms with Gasteiger partial charge in [0.05, 0.1) is 6.61 Å². The number of ether oxygens (including phenoxy) is 1. The molecule has 0 radical (unpaired) electrons. The maximum Gasteiger partial charge on any atom is 0.330 e. The zero-order chi connectivity index (χ0) is 20.0. The smallest absolute Gasteiger partial charge is 0.330 e. The summed E-state index contributed by atoms with van der Waals surface area (Å²) in [4.78, 5) is 11.3. The molecular weight excluding hydrogens is 340 g/mol. The van der Waals surface area contributed by atoms with Crippen molar-refractivity contribution >= 4 is 5.97 Å². The highest BCUT2D eigenvalue weighted by Gasteiger charge is 2.04. The molecule has 4 heteroatoms. The lowest BCUT2D eigenvalue weighted by Gasteiger charge is -2.06. The molecule has 0 rings (SSSR count). The molecule has 0 aliphatic rings. The summed E-state index contributed by atoms with van der Waals surface area (Å²) < 4.78 is 4.79. The molecular formula is C23H44O4. The molecule has 0 aromatic rings. The van der Waals surface area contributed by atoms with Crippen molar-refractivity contribution in [2.24, 2.45) is 0 Å². The Bertz CT molecular complexity index is 341. The average molecular weight is 385 g/mol. The zero-order valence-corrected chi connectivity index (χ0v) is 17.7. The lowest BCUT2D eigenvalue weighted by molar-refractivity contribution is -0.141.